The highest BCUT2D eigenvalue weighted by Gasteiger charge is 2.26. The Morgan fingerprint density at radius 3 is 2.59 bits per heavy atom. The molecule has 0 aliphatic heterocycles. The molecule has 6 heteroatoms. The average Bonchev–Trinajstić information content (AvgIpc) is 2.42. The molecular formula is C16H18N2O4. The van der Waals surface area contributed by atoms with Gasteiger partial charge in [0.25, 0.3) is 0 Å². The molecule has 2 aromatic rings. The van der Waals surface area contributed by atoms with Gasteiger partial charge in [-0.1, -0.05) is 6.07 Å². The lowest BCUT2D eigenvalue weighted by molar-refractivity contribution is -0.135. The van der Waals surface area contributed by atoms with Crippen molar-refractivity contribution >= 4 is 28.7 Å². The second kappa shape index (κ2) is 6.01. The average molecular weight is 302 g/mol. The zero-order valence-corrected chi connectivity index (χ0v) is 12.7. The Hall–Kier alpha value is -2.63. The number of pyridine rings is 1. The third-order valence-corrected chi connectivity index (χ3v) is 2.82. The molecule has 0 bridgehead atoms. The van der Waals surface area contributed by atoms with Crippen LogP contribution in [0.15, 0.2) is 36.5 Å². The summed E-state index contributed by atoms with van der Waals surface area (Å²) in [6, 6.07) is 8.73. The Kier molecular flexibility index (Phi) is 4.30. The monoisotopic (exact) mass is 302 g/mol. The molecule has 0 aliphatic rings. The maximum atomic E-state index is 12.4. The van der Waals surface area contributed by atoms with Gasteiger partial charge in [0.05, 0.1) is 11.2 Å². The Bertz CT molecular complexity index is 701. The number of carbonyl (C=O) groups is 2. The highest BCUT2D eigenvalue weighted by Crippen LogP contribution is 2.26. The number of hydrogen-bond donors (Lipinski definition) is 1. The molecule has 22 heavy (non-hydrogen) atoms. The lowest BCUT2D eigenvalue weighted by Gasteiger charge is -2.27. The van der Waals surface area contributed by atoms with Gasteiger partial charge in [-0.2, -0.15) is 0 Å². The summed E-state index contributed by atoms with van der Waals surface area (Å²) in [4.78, 5) is 28.8. The molecule has 1 amide bonds. The Morgan fingerprint density at radius 1 is 1.23 bits per heavy atom. The normalized spacial score (nSPS) is 11.2. The second-order valence-corrected chi connectivity index (χ2v) is 5.81. The van der Waals surface area contributed by atoms with Crippen molar-refractivity contribution in [2.24, 2.45) is 0 Å². The quantitative estimate of drug-likeness (QED) is 0.942. The van der Waals surface area contributed by atoms with Gasteiger partial charge in [-0.15, -0.1) is 0 Å². The Morgan fingerprint density at radius 2 is 1.95 bits per heavy atom. The molecule has 0 saturated carbocycles. The van der Waals surface area contributed by atoms with Crippen LogP contribution in [0.5, 0.6) is 0 Å². The lowest BCUT2D eigenvalue weighted by Crippen LogP contribution is -2.40. The maximum Gasteiger partial charge on any atom is 0.415 e. The Balaban J connectivity index is 2.48. The minimum atomic E-state index is -1.12. The summed E-state index contributed by atoms with van der Waals surface area (Å²) in [6.07, 6.45) is 0.937. The van der Waals surface area contributed by atoms with Crippen molar-refractivity contribution in [3.05, 3.63) is 36.5 Å². The number of amides is 1. The molecule has 0 atom stereocenters. The standard InChI is InChI=1S/C16H18N2O4/c1-16(2,3)22-15(21)18(10-14(19)20)13-8-4-7-12-11(13)6-5-9-17-12/h4-9H,10H2,1-3H3,(H,19,20). The van der Waals surface area contributed by atoms with Crippen LogP contribution in [0.2, 0.25) is 0 Å². The summed E-state index contributed by atoms with van der Waals surface area (Å²) < 4.78 is 5.31. The van der Waals surface area contributed by atoms with Gasteiger partial charge >= 0.3 is 12.1 Å². The van der Waals surface area contributed by atoms with E-state index in [1.807, 2.05) is 0 Å². The van der Waals surface area contributed by atoms with Crippen LogP contribution in [0.3, 0.4) is 0 Å². The minimum Gasteiger partial charge on any atom is -0.480 e. The molecule has 0 spiro atoms. The molecule has 1 aromatic heterocycles. The fourth-order valence-electron chi connectivity index (χ4n) is 2.02. The van der Waals surface area contributed by atoms with Crippen LogP contribution in [-0.2, 0) is 9.53 Å². The van der Waals surface area contributed by atoms with Crippen LogP contribution >= 0.6 is 0 Å². The first-order valence-corrected chi connectivity index (χ1v) is 6.84. The van der Waals surface area contributed by atoms with Crippen molar-refractivity contribution in [1.29, 1.82) is 0 Å². The second-order valence-electron chi connectivity index (χ2n) is 5.81. The number of aliphatic carboxylic acids is 1. The van der Waals surface area contributed by atoms with Gasteiger partial charge in [-0.3, -0.25) is 14.7 Å². The van der Waals surface area contributed by atoms with Crippen LogP contribution in [0.1, 0.15) is 20.8 Å². The molecule has 0 aliphatic carbocycles. The van der Waals surface area contributed by atoms with Crippen LogP contribution in [0.4, 0.5) is 10.5 Å². The number of benzene rings is 1. The van der Waals surface area contributed by atoms with Gasteiger partial charge in [0.1, 0.15) is 12.1 Å². The fourth-order valence-corrected chi connectivity index (χ4v) is 2.02. The summed E-state index contributed by atoms with van der Waals surface area (Å²) in [7, 11) is 0. The number of fused-ring (bicyclic) bond motifs is 1. The van der Waals surface area contributed by atoms with E-state index in [0.29, 0.717) is 16.6 Å². The van der Waals surface area contributed by atoms with Crippen molar-refractivity contribution in [2.75, 3.05) is 11.4 Å². The van der Waals surface area contributed by atoms with Gasteiger partial charge in [0.15, 0.2) is 0 Å². The van der Waals surface area contributed by atoms with Gasteiger partial charge in [0, 0.05) is 11.6 Å². The molecule has 1 heterocycles. The minimum absolute atomic E-state index is 0.460. The van der Waals surface area contributed by atoms with E-state index in [1.54, 1.807) is 57.3 Å². The molecule has 2 rings (SSSR count). The van der Waals surface area contributed by atoms with E-state index in [1.165, 1.54) is 0 Å². The number of rotatable bonds is 3. The van der Waals surface area contributed by atoms with E-state index >= 15 is 0 Å². The number of nitrogens with zero attached hydrogens (tertiary/aromatic N) is 2. The SMILES string of the molecule is CC(C)(C)OC(=O)N(CC(=O)O)c1cccc2ncccc12. The first kappa shape index (κ1) is 15.8. The summed E-state index contributed by atoms with van der Waals surface area (Å²) >= 11 is 0. The smallest absolute Gasteiger partial charge is 0.415 e. The number of carboxylic acids is 1. The zero-order valence-electron chi connectivity index (χ0n) is 12.7. The van der Waals surface area contributed by atoms with Crippen molar-refractivity contribution in [3.63, 3.8) is 0 Å². The fraction of sp³-hybridized carbons (Fsp3) is 0.312. The van der Waals surface area contributed by atoms with E-state index in [-0.39, 0.29) is 0 Å². The van der Waals surface area contributed by atoms with Crippen LogP contribution in [0.25, 0.3) is 10.9 Å². The van der Waals surface area contributed by atoms with E-state index in [9.17, 15) is 9.59 Å². The van der Waals surface area contributed by atoms with Crippen LogP contribution in [0, 0.1) is 0 Å². The number of hydrogen-bond acceptors (Lipinski definition) is 4. The zero-order chi connectivity index (χ0) is 16.3. The molecule has 6 nitrogen and oxygen atoms in total. The molecule has 0 radical (unpaired) electrons. The summed E-state index contributed by atoms with van der Waals surface area (Å²) in [6.45, 7) is 4.71. The summed E-state index contributed by atoms with van der Waals surface area (Å²) in [5, 5.41) is 9.79. The number of carboxylic acid groups (broad SMARTS) is 1. The van der Waals surface area contributed by atoms with Crippen molar-refractivity contribution in [1.82, 2.24) is 4.98 Å². The van der Waals surface area contributed by atoms with Crippen LogP contribution in [-0.4, -0.2) is 34.3 Å². The highest BCUT2D eigenvalue weighted by atomic mass is 16.6. The molecular weight excluding hydrogens is 284 g/mol. The van der Waals surface area contributed by atoms with Crippen molar-refractivity contribution in [3.8, 4) is 0 Å². The number of anilines is 1. The number of ether oxygens (including phenoxy) is 1. The Labute approximate surface area is 128 Å². The van der Waals surface area contributed by atoms with Gasteiger partial charge in [-0.25, -0.2) is 4.79 Å². The molecule has 116 valence electrons. The van der Waals surface area contributed by atoms with Crippen LogP contribution < -0.4 is 4.90 Å². The van der Waals surface area contributed by atoms with E-state index < -0.39 is 24.2 Å². The predicted molar refractivity (Wildman–Crippen MR) is 83.0 cm³/mol. The summed E-state index contributed by atoms with van der Waals surface area (Å²) in [5.41, 5.74) is 0.428. The molecule has 0 saturated heterocycles. The number of aromatic nitrogens is 1. The largest absolute Gasteiger partial charge is 0.480 e. The van der Waals surface area contributed by atoms with Gasteiger partial charge < -0.3 is 9.84 Å². The van der Waals surface area contributed by atoms with E-state index in [0.717, 1.165) is 4.90 Å². The van der Waals surface area contributed by atoms with E-state index in [4.69, 9.17) is 9.84 Å². The molecule has 0 unspecified atom stereocenters. The third-order valence-electron chi connectivity index (χ3n) is 2.82. The molecule has 1 aromatic carbocycles. The first-order valence-electron chi connectivity index (χ1n) is 6.84. The first-order chi connectivity index (χ1) is 10.3. The van der Waals surface area contributed by atoms with Crippen molar-refractivity contribution < 1.29 is 19.4 Å². The maximum absolute atomic E-state index is 12.4. The number of carbonyl (C=O) groups excluding carboxylic acids is 1. The molecule has 0 fully saturated rings. The summed E-state index contributed by atoms with van der Waals surface area (Å²) in [5.74, 6) is -1.12. The van der Waals surface area contributed by atoms with Gasteiger partial charge in [-0.05, 0) is 45.0 Å². The van der Waals surface area contributed by atoms with Gasteiger partial charge in [0.2, 0.25) is 0 Å². The van der Waals surface area contributed by atoms with Crippen molar-refractivity contribution in [2.45, 2.75) is 26.4 Å². The molecule has 1 N–H and O–H groups in total. The predicted octanol–water partition coefficient (Wildman–Crippen LogP) is 3.06. The lowest BCUT2D eigenvalue weighted by atomic mass is 10.1. The highest BCUT2D eigenvalue weighted by molar-refractivity contribution is 6.02. The van der Waals surface area contributed by atoms with E-state index in [2.05, 4.69) is 4.98 Å². The topological polar surface area (TPSA) is 79.7 Å². The third kappa shape index (κ3) is 3.72.